The molecule has 0 aliphatic heterocycles. The Kier molecular flexibility index (Phi) is 13.5. The van der Waals surface area contributed by atoms with Crippen molar-refractivity contribution < 1.29 is 4.79 Å². The van der Waals surface area contributed by atoms with E-state index in [1.165, 1.54) is 70.6 Å². The molecule has 0 unspecified atom stereocenters. The zero-order chi connectivity index (χ0) is 12.8. The lowest BCUT2D eigenvalue weighted by molar-refractivity contribution is -0.117. The van der Waals surface area contributed by atoms with Gasteiger partial charge in [0.1, 0.15) is 5.78 Å². The monoisotopic (exact) mass is 240 g/mol. The van der Waals surface area contributed by atoms with E-state index in [0.717, 1.165) is 12.8 Å². The molecule has 1 heteroatoms. The van der Waals surface area contributed by atoms with Gasteiger partial charge in [-0.05, 0) is 13.3 Å². The molecule has 0 aromatic carbocycles. The highest BCUT2D eigenvalue weighted by atomic mass is 16.1. The third-order valence-corrected chi connectivity index (χ3v) is 3.38. The summed E-state index contributed by atoms with van der Waals surface area (Å²) in [6, 6.07) is 0. The largest absolute Gasteiger partial charge is 0.300 e. The number of ketones is 1. The standard InChI is InChI=1S/C16H32O/c1-3-4-5-6-7-8-9-10-11-12-13-14-15-16(2)17/h3-15H2,1-2H3. The Labute approximate surface area is 108 Å². The summed E-state index contributed by atoms with van der Waals surface area (Å²) in [4.78, 5) is 10.7. The third-order valence-electron chi connectivity index (χ3n) is 3.38. The van der Waals surface area contributed by atoms with E-state index in [1.807, 2.05) is 0 Å². The number of rotatable bonds is 13. The number of unbranched alkanes of at least 4 members (excludes halogenated alkanes) is 11. The Morgan fingerprint density at radius 3 is 1.35 bits per heavy atom. The molecule has 0 aliphatic carbocycles. The van der Waals surface area contributed by atoms with Crippen molar-refractivity contribution in [3.63, 3.8) is 0 Å². The summed E-state index contributed by atoms with van der Waals surface area (Å²) >= 11 is 0. The fourth-order valence-electron chi connectivity index (χ4n) is 2.21. The summed E-state index contributed by atoms with van der Waals surface area (Å²) in [5.74, 6) is 0.345. The van der Waals surface area contributed by atoms with E-state index in [1.54, 1.807) is 6.92 Å². The average molecular weight is 240 g/mol. The first-order valence-corrected chi connectivity index (χ1v) is 7.76. The molecular weight excluding hydrogens is 208 g/mol. The summed E-state index contributed by atoms with van der Waals surface area (Å²) in [6.45, 7) is 3.96. The molecule has 17 heavy (non-hydrogen) atoms. The predicted octanol–water partition coefficient (Wildman–Crippen LogP) is 5.67. The highest BCUT2D eigenvalue weighted by molar-refractivity contribution is 5.75. The van der Waals surface area contributed by atoms with Crippen LogP contribution in [-0.2, 0) is 4.79 Å². The van der Waals surface area contributed by atoms with Gasteiger partial charge in [-0.1, -0.05) is 77.6 Å². The van der Waals surface area contributed by atoms with E-state index >= 15 is 0 Å². The van der Waals surface area contributed by atoms with E-state index in [2.05, 4.69) is 6.92 Å². The van der Waals surface area contributed by atoms with E-state index in [9.17, 15) is 4.79 Å². The van der Waals surface area contributed by atoms with Crippen LogP contribution in [0, 0.1) is 0 Å². The second kappa shape index (κ2) is 13.7. The van der Waals surface area contributed by atoms with Gasteiger partial charge in [0.15, 0.2) is 0 Å². The van der Waals surface area contributed by atoms with Crippen molar-refractivity contribution in [3.8, 4) is 0 Å². The molecule has 0 radical (unpaired) electrons. The summed E-state index contributed by atoms with van der Waals surface area (Å²) in [6.07, 6.45) is 17.1. The first-order chi connectivity index (χ1) is 8.27. The topological polar surface area (TPSA) is 17.1 Å². The summed E-state index contributed by atoms with van der Waals surface area (Å²) in [5.41, 5.74) is 0. The first-order valence-electron chi connectivity index (χ1n) is 7.76. The molecule has 0 saturated carbocycles. The molecule has 0 fully saturated rings. The van der Waals surface area contributed by atoms with Crippen LogP contribution in [-0.4, -0.2) is 5.78 Å². The molecule has 102 valence electrons. The number of Topliss-reactive ketones (excluding diaryl/α,β-unsaturated/α-hetero) is 1. The number of hydrogen-bond acceptors (Lipinski definition) is 1. The lowest BCUT2D eigenvalue weighted by Crippen LogP contribution is -1.89. The average Bonchev–Trinajstić information content (AvgIpc) is 2.30. The third kappa shape index (κ3) is 15.7. The van der Waals surface area contributed by atoms with Crippen LogP contribution in [0.3, 0.4) is 0 Å². The maximum absolute atomic E-state index is 10.7. The summed E-state index contributed by atoms with van der Waals surface area (Å²) in [5, 5.41) is 0. The van der Waals surface area contributed by atoms with Gasteiger partial charge in [-0.3, -0.25) is 0 Å². The minimum Gasteiger partial charge on any atom is -0.300 e. The lowest BCUT2D eigenvalue weighted by atomic mass is 10.0. The van der Waals surface area contributed by atoms with Crippen molar-refractivity contribution in [3.05, 3.63) is 0 Å². The molecule has 0 atom stereocenters. The number of carbonyl (C=O) groups excluding carboxylic acids is 1. The molecule has 0 aromatic heterocycles. The van der Waals surface area contributed by atoms with Crippen molar-refractivity contribution in [2.45, 2.75) is 97.3 Å². The number of carbonyl (C=O) groups is 1. The van der Waals surface area contributed by atoms with Gasteiger partial charge in [0, 0.05) is 6.42 Å². The fourth-order valence-corrected chi connectivity index (χ4v) is 2.21. The smallest absolute Gasteiger partial charge is 0.129 e. The van der Waals surface area contributed by atoms with Crippen LogP contribution in [0.15, 0.2) is 0 Å². The molecule has 0 amide bonds. The van der Waals surface area contributed by atoms with Crippen LogP contribution in [0.5, 0.6) is 0 Å². The van der Waals surface area contributed by atoms with Gasteiger partial charge in [-0.2, -0.15) is 0 Å². The van der Waals surface area contributed by atoms with Crippen molar-refractivity contribution in [1.82, 2.24) is 0 Å². The molecule has 0 spiro atoms. The predicted molar refractivity (Wildman–Crippen MR) is 76.4 cm³/mol. The summed E-state index contributed by atoms with van der Waals surface area (Å²) in [7, 11) is 0. The van der Waals surface area contributed by atoms with Gasteiger partial charge in [0.25, 0.3) is 0 Å². The first kappa shape index (κ1) is 16.7. The molecule has 0 aliphatic rings. The van der Waals surface area contributed by atoms with Crippen LogP contribution in [0.25, 0.3) is 0 Å². The van der Waals surface area contributed by atoms with E-state index < -0.39 is 0 Å². The van der Waals surface area contributed by atoms with Gasteiger partial charge >= 0.3 is 0 Å². The van der Waals surface area contributed by atoms with E-state index in [-0.39, 0.29) is 0 Å². The minimum atomic E-state index is 0.345. The Hall–Kier alpha value is -0.330. The fraction of sp³-hybridized carbons (Fsp3) is 0.938. The minimum absolute atomic E-state index is 0.345. The second-order valence-corrected chi connectivity index (χ2v) is 5.34. The molecule has 0 heterocycles. The van der Waals surface area contributed by atoms with Gasteiger partial charge in [-0.25, -0.2) is 0 Å². The van der Waals surface area contributed by atoms with Gasteiger partial charge in [0.05, 0.1) is 0 Å². The Balaban J connectivity index is 2.91. The number of hydrogen-bond donors (Lipinski definition) is 0. The maximum Gasteiger partial charge on any atom is 0.129 e. The maximum atomic E-state index is 10.7. The highest BCUT2D eigenvalue weighted by Gasteiger charge is 1.95. The molecule has 0 bridgehead atoms. The molecule has 1 nitrogen and oxygen atoms in total. The van der Waals surface area contributed by atoms with Crippen LogP contribution < -0.4 is 0 Å². The van der Waals surface area contributed by atoms with Crippen LogP contribution in [0.4, 0.5) is 0 Å². The normalized spacial score (nSPS) is 10.7. The van der Waals surface area contributed by atoms with Crippen LogP contribution in [0.2, 0.25) is 0 Å². The Morgan fingerprint density at radius 1 is 0.647 bits per heavy atom. The van der Waals surface area contributed by atoms with Crippen molar-refractivity contribution in [1.29, 1.82) is 0 Å². The summed E-state index contributed by atoms with van der Waals surface area (Å²) < 4.78 is 0. The van der Waals surface area contributed by atoms with Crippen molar-refractivity contribution in [2.75, 3.05) is 0 Å². The molecular formula is C16H32O. The SMILES string of the molecule is CCCCCCCCCCCCCCC(C)=O. The zero-order valence-electron chi connectivity index (χ0n) is 12.1. The molecule has 0 rings (SSSR count). The van der Waals surface area contributed by atoms with Crippen LogP contribution >= 0.6 is 0 Å². The van der Waals surface area contributed by atoms with Crippen molar-refractivity contribution in [2.24, 2.45) is 0 Å². The van der Waals surface area contributed by atoms with Crippen LogP contribution in [0.1, 0.15) is 97.3 Å². The Bertz CT molecular complexity index is 163. The van der Waals surface area contributed by atoms with E-state index in [4.69, 9.17) is 0 Å². The molecule has 0 aromatic rings. The lowest BCUT2D eigenvalue weighted by Gasteiger charge is -2.02. The molecule has 0 N–H and O–H groups in total. The van der Waals surface area contributed by atoms with E-state index in [0.29, 0.717) is 5.78 Å². The highest BCUT2D eigenvalue weighted by Crippen LogP contribution is 2.12. The zero-order valence-corrected chi connectivity index (χ0v) is 12.1. The quantitative estimate of drug-likeness (QED) is 0.379. The Morgan fingerprint density at radius 2 is 1.00 bits per heavy atom. The van der Waals surface area contributed by atoms with Gasteiger partial charge in [0.2, 0.25) is 0 Å². The second-order valence-electron chi connectivity index (χ2n) is 5.34. The van der Waals surface area contributed by atoms with Gasteiger partial charge in [-0.15, -0.1) is 0 Å². The van der Waals surface area contributed by atoms with Gasteiger partial charge < -0.3 is 4.79 Å². The van der Waals surface area contributed by atoms with Crippen molar-refractivity contribution >= 4 is 5.78 Å². The molecule has 0 saturated heterocycles.